The van der Waals surface area contributed by atoms with Crippen LogP contribution in [0.5, 0.6) is 17.5 Å². The van der Waals surface area contributed by atoms with E-state index in [0.29, 0.717) is 23.9 Å². The van der Waals surface area contributed by atoms with Gasteiger partial charge in [-0.25, -0.2) is 4.98 Å². The maximum Gasteiger partial charge on any atom is 0.240 e. The van der Waals surface area contributed by atoms with Gasteiger partial charge < -0.3 is 19.9 Å². The standard InChI is InChI=1S/C15H19N3O3/c1-19-11-6-4-5-10(7-11)8-12(16)14-15(21-3)18-13(20-2)9-17-14/h4-7,9,12H,8,16H2,1-3H3. The van der Waals surface area contributed by atoms with E-state index in [2.05, 4.69) is 9.97 Å². The highest BCUT2D eigenvalue weighted by Crippen LogP contribution is 2.25. The molecule has 0 amide bonds. The zero-order chi connectivity index (χ0) is 15.2. The molecule has 0 radical (unpaired) electrons. The van der Waals surface area contributed by atoms with Crippen LogP contribution >= 0.6 is 0 Å². The molecule has 2 aromatic rings. The molecule has 0 spiro atoms. The summed E-state index contributed by atoms with van der Waals surface area (Å²) in [5, 5.41) is 0. The minimum atomic E-state index is -0.328. The number of methoxy groups -OCH3 is 3. The zero-order valence-corrected chi connectivity index (χ0v) is 12.4. The molecule has 0 aliphatic rings. The molecular weight excluding hydrogens is 270 g/mol. The van der Waals surface area contributed by atoms with Gasteiger partial charge in [0.25, 0.3) is 0 Å². The summed E-state index contributed by atoms with van der Waals surface area (Å²) in [5.74, 6) is 1.57. The number of nitrogens with zero attached hydrogens (tertiary/aromatic N) is 2. The third kappa shape index (κ3) is 3.61. The van der Waals surface area contributed by atoms with Gasteiger partial charge in [-0.2, -0.15) is 4.98 Å². The number of hydrogen-bond donors (Lipinski definition) is 1. The largest absolute Gasteiger partial charge is 0.497 e. The lowest BCUT2D eigenvalue weighted by Gasteiger charge is -2.14. The molecule has 2 N–H and O–H groups in total. The molecule has 0 aliphatic carbocycles. The fourth-order valence-corrected chi connectivity index (χ4v) is 2.02. The number of benzene rings is 1. The van der Waals surface area contributed by atoms with Crippen molar-refractivity contribution < 1.29 is 14.2 Å². The quantitative estimate of drug-likeness (QED) is 0.872. The van der Waals surface area contributed by atoms with Gasteiger partial charge in [-0.15, -0.1) is 0 Å². The molecule has 6 nitrogen and oxygen atoms in total. The second kappa shape index (κ2) is 6.90. The lowest BCUT2D eigenvalue weighted by atomic mass is 10.0. The molecule has 0 aliphatic heterocycles. The van der Waals surface area contributed by atoms with Gasteiger partial charge in [0.15, 0.2) is 0 Å². The van der Waals surface area contributed by atoms with Crippen LogP contribution in [0.2, 0.25) is 0 Å². The summed E-state index contributed by atoms with van der Waals surface area (Å²) in [5.41, 5.74) is 7.88. The van der Waals surface area contributed by atoms with E-state index in [1.54, 1.807) is 7.11 Å². The van der Waals surface area contributed by atoms with Crippen LogP contribution in [-0.2, 0) is 6.42 Å². The van der Waals surface area contributed by atoms with Crippen molar-refractivity contribution >= 4 is 0 Å². The summed E-state index contributed by atoms with van der Waals surface area (Å²) >= 11 is 0. The molecule has 112 valence electrons. The van der Waals surface area contributed by atoms with Crippen LogP contribution < -0.4 is 19.9 Å². The van der Waals surface area contributed by atoms with Gasteiger partial charge in [0.05, 0.1) is 33.6 Å². The molecule has 1 heterocycles. The number of nitrogens with two attached hydrogens (primary N) is 1. The molecule has 0 fully saturated rings. The van der Waals surface area contributed by atoms with Gasteiger partial charge in [0.2, 0.25) is 11.8 Å². The molecule has 0 saturated carbocycles. The lowest BCUT2D eigenvalue weighted by Crippen LogP contribution is -2.17. The zero-order valence-electron chi connectivity index (χ0n) is 12.4. The first-order valence-electron chi connectivity index (χ1n) is 6.51. The van der Waals surface area contributed by atoms with Crippen molar-refractivity contribution in [3.05, 3.63) is 41.7 Å². The van der Waals surface area contributed by atoms with Crippen LogP contribution in [0, 0.1) is 0 Å². The maximum absolute atomic E-state index is 6.22. The Morgan fingerprint density at radius 2 is 1.95 bits per heavy atom. The normalized spacial score (nSPS) is 11.8. The summed E-state index contributed by atoms with van der Waals surface area (Å²) in [6.45, 7) is 0. The number of ether oxygens (including phenoxy) is 3. The van der Waals surface area contributed by atoms with Crippen molar-refractivity contribution in [2.75, 3.05) is 21.3 Å². The van der Waals surface area contributed by atoms with Gasteiger partial charge in [-0.05, 0) is 24.1 Å². The molecule has 1 unspecified atom stereocenters. The summed E-state index contributed by atoms with van der Waals surface area (Å²) in [6, 6.07) is 7.43. The Hall–Kier alpha value is -2.34. The van der Waals surface area contributed by atoms with Gasteiger partial charge in [-0.3, -0.25) is 0 Å². The predicted octanol–water partition coefficient (Wildman–Crippen LogP) is 1.74. The topological polar surface area (TPSA) is 79.5 Å². The molecule has 0 bridgehead atoms. The fraction of sp³-hybridized carbons (Fsp3) is 0.333. The second-order valence-corrected chi connectivity index (χ2v) is 4.47. The highest BCUT2D eigenvalue weighted by Gasteiger charge is 2.17. The highest BCUT2D eigenvalue weighted by atomic mass is 16.5. The molecule has 1 aromatic carbocycles. The molecule has 2 rings (SSSR count). The Morgan fingerprint density at radius 3 is 2.62 bits per heavy atom. The van der Waals surface area contributed by atoms with Crippen LogP contribution in [0.1, 0.15) is 17.3 Å². The van der Waals surface area contributed by atoms with E-state index >= 15 is 0 Å². The van der Waals surface area contributed by atoms with Crippen LogP contribution in [0.4, 0.5) is 0 Å². The number of rotatable bonds is 6. The van der Waals surface area contributed by atoms with Crippen molar-refractivity contribution in [1.82, 2.24) is 9.97 Å². The Morgan fingerprint density at radius 1 is 1.14 bits per heavy atom. The van der Waals surface area contributed by atoms with E-state index in [0.717, 1.165) is 11.3 Å². The van der Waals surface area contributed by atoms with Crippen molar-refractivity contribution in [2.45, 2.75) is 12.5 Å². The van der Waals surface area contributed by atoms with E-state index < -0.39 is 0 Å². The molecular formula is C15H19N3O3. The van der Waals surface area contributed by atoms with E-state index in [1.807, 2.05) is 24.3 Å². The van der Waals surface area contributed by atoms with Crippen molar-refractivity contribution in [1.29, 1.82) is 0 Å². The van der Waals surface area contributed by atoms with Crippen molar-refractivity contribution in [3.8, 4) is 17.5 Å². The Labute approximate surface area is 123 Å². The van der Waals surface area contributed by atoms with Crippen LogP contribution in [-0.4, -0.2) is 31.3 Å². The van der Waals surface area contributed by atoms with Crippen LogP contribution in [0.15, 0.2) is 30.5 Å². The molecule has 6 heteroatoms. The van der Waals surface area contributed by atoms with Crippen molar-refractivity contribution in [3.63, 3.8) is 0 Å². The third-order valence-electron chi connectivity index (χ3n) is 3.09. The molecule has 21 heavy (non-hydrogen) atoms. The fourth-order valence-electron chi connectivity index (χ4n) is 2.02. The minimum Gasteiger partial charge on any atom is -0.497 e. The first-order valence-corrected chi connectivity index (χ1v) is 6.51. The molecule has 1 atom stereocenters. The Balaban J connectivity index is 2.21. The average Bonchev–Trinajstić information content (AvgIpc) is 2.54. The highest BCUT2D eigenvalue weighted by molar-refractivity contribution is 5.31. The average molecular weight is 289 g/mol. The van der Waals surface area contributed by atoms with Crippen LogP contribution in [0.3, 0.4) is 0 Å². The summed E-state index contributed by atoms with van der Waals surface area (Å²) in [6.07, 6.45) is 2.14. The Kier molecular flexibility index (Phi) is 4.94. The SMILES string of the molecule is COc1cccc(CC(N)c2ncc(OC)nc2OC)c1. The van der Waals surface area contributed by atoms with Gasteiger partial charge >= 0.3 is 0 Å². The first kappa shape index (κ1) is 15.1. The number of aromatic nitrogens is 2. The van der Waals surface area contributed by atoms with Gasteiger partial charge in [0.1, 0.15) is 11.4 Å². The van der Waals surface area contributed by atoms with E-state index in [1.165, 1.54) is 20.4 Å². The summed E-state index contributed by atoms with van der Waals surface area (Å²) < 4.78 is 15.5. The van der Waals surface area contributed by atoms with E-state index in [4.69, 9.17) is 19.9 Å². The summed E-state index contributed by atoms with van der Waals surface area (Å²) in [4.78, 5) is 8.48. The predicted molar refractivity (Wildman–Crippen MR) is 78.8 cm³/mol. The van der Waals surface area contributed by atoms with Crippen molar-refractivity contribution in [2.24, 2.45) is 5.73 Å². The van der Waals surface area contributed by atoms with E-state index in [-0.39, 0.29) is 6.04 Å². The summed E-state index contributed by atoms with van der Waals surface area (Å²) in [7, 11) is 4.70. The minimum absolute atomic E-state index is 0.328. The third-order valence-corrected chi connectivity index (χ3v) is 3.09. The Bertz CT molecular complexity index is 604. The second-order valence-electron chi connectivity index (χ2n) is 4.47. The monoisotopic (exact) mass is 289 g/mol. The van der Waals surface area contributed by atoms with Gasteiger partial charge in [0, 0.05) is 0 Å². The number of hydrogen-bond acceptors (Lipinski definition) is 6. The van der Waals surface area contributed by atoms with Crippen LogP contribution in [0.25, 0.3) is 0 Å². The lowest BCUT2D eigenvalue weighted by molar-refractivity contribution is 0.353. The maximum atomic E-state index is 6.22. The smallest absolute Gasteiger partial charge is 0.240 e. The van der Waals surface area contributed by atoms with E-state index in [9.17, 15) is 0 Å². The molecule has 0 saturated heterocycles. The van der Waals surface area contributed by atoms with Gasteiger partial charge in [-0.1, -0.05) is 12.1 Å². The first-order chi connectivity index (χ1) is 10.2. The molecule has 1 aromatic heterocycles.